The summed E-state index contributed by atoms with van der Waals surface area (Å²) in [5, 5.41) is 10.4. The summed E-state index contributed by atoms with van der Waals surface area (Å²) in [6.45, 7) is 0. The molecule has 21 heavy (non-hydrogen) atoms. The number of carbonyl (C=O) groups is 1. The van der Waals surface area contributed by atoms with Crippen molar-refractivity contribution in [1.82, 2.24) is 4.72 Å². The van der Waals surface area contributed by atoms with Crippen LogP contribution < -0.4 is 4.72 Å². The highest BCUT2D eigenvalue weighted by atomic mass is 35.5. The van der Waals surface area contributed by atoms with Crippen molar-refractivity contribution in [3.63, 3.8) is 0 Å². The van der Waals surface area contributed by atoms with Gasteiger partial charge in [0.25, 0.3) is 0 Å². The number of hydrogen-bond acceptors (Lipinski definition) is 4. The number of hydrogen-bond donors (Lipinski definition) is 2. The Balaban J connectivity index is 2.40. The first-order chi connectivity index (χ1) is 9.83. The Morgan fingerprint density at radius 1 is 1.33 bits per heavy atom. The van der Waals surface area contributed by atoms with E-state index in [1.165, 1.54) is 18.2 Å². The molecule has 0 amide bonds. The molecule has 2 N–H and O–H groups in total. The lowest BCUT2D eigenvalue weighted by molar-refractivity contribution is -0.139. The Bertz CT molecular complexity index is 762. The molecule has 1 unspecified atom stereocenters. The van der Waals surface area contributed by atoms with E-state index in [2.05, 4.69) is 0 Å². The number of carboxylic acid groups (broad SMARTS) is 1. The first-order valence-electron chi connectivity index (χ1n) is 5.55. The molecule has 0 bridgehead atoms. The molecule has 1 aromatic heterocycles. The van der Waals surface area contributed by atoms with Crippen molar-refractivity contribution in [3.8, 4) is 0 Å². The van der Waals surface area contributed by atoms with Crippen LogP contribution in [0, 0.1) is 5.82 Å². The van der Waals surface area contributed by atoms with Crippen LogP contribution in [0.25, 0.3) is 0 Å². The first kappa shape index (κ1) is 15.9. The fourth-order valence-corrected chi connectivity index (χ4v) is 3.94. The third-order valence-electron chi connectivity index (χ3n) is 2.55. The molecular formula is C12H9ClFNO4S2. The highest BCUT2D eigenvalue weighted by Gasteiger charge is 2.29. The number of nitrogens with one attached hydrogen (secondary N) is 1. The van der Waals surface area contributed by atoms with Crippen LogP contribution in [0.3, 0.4) is 0 Å². The van der Waals surface area contributed by atoms with E-state index in [9.17, 15) is 17.6 Å². The SMILES string of the molecule is O=C(O)C(NS(=O)(=O)c1cccc(Cl)c1F)c1cccs1. The average Bonchev–Trinajstić information content (AvgIpc) is 2.92. The monoisotopic (exact) mass is 349 g/mol. The lowest BCUT2D eigenvalue weighted by Gasteiger charge is -2.14. The maximum Gasteiger partial charge on any atom is 0.327 e. The van der Waals surface area contributed by atoms with Gasteiger partial charge in [0.15, 0.2) is 11.9 Å². The van der Waals surface area contributed by atoms with E-state index in [4.69, 9.17) is 16.7 Å². The van der Waals surface area contributed by atoms with Crippen LogP contribution in [0.15, 0.2) is 40.6 Å². The van der Waals surface area contributed by atoms with Crippen molar-refractivity contribution in [2.45, 2.75) is 10.9 Å². The summed E-state index contributed by atoms with van der Waals surface area (Å²) in [6, 6.07) is 5.04. The first-order valence-corrected chi connectivity index (χ1v) is 8.29. The summed E-state index contributed by atoms with van der Waals surface area (Å²) in [7, 11) is -4.37. The van der Waals surface area contributed by atoms with E-state index >= 15 is 0 Å². The third kappa shape index (κ3) is 3.41. The second-order valence-electron chi connectivity index (χ2n) is 3.96. The molecule has 112 valence electrons. The number of carboxylic acids is 1. The highest BCUT2D eigenvalue weighted by Crippen LogP contribution is 2.25. The van der Waals surface area contributed by atoms with Crippen molar-refractivity contribution in [1.29, 1.82) is 0 Å². The molecule has 2 aromatic rings. The van der Waals surface area contributed by atoms with Crippen molar-refractivity contribution >= 4 is 38.9 Å². The lowest BCUT2D eigenvalue weighted by atomic mass is 10.3. The maximum atomic E-state index is 13.8. The molecule has 0 fully saturated rings. The minimum Gasteiger partial charge on any atom is -0.480 e. The molecular weight excluding hydrogens is 341 g/mol. The molecule has 2 rings (SSSR count). The molecule has 0 aliphatic heterocycles. The van der Waals surface area contributed by atoms with E-state index in [1.807, 2.05) is 4.72 Å². The van der Waals surface area contributed by atoms with Gasteiger partial charge < -0.3 is 5.11 Å². The van der Waals surface area contributed by atoms with Gasteiger partial charge >= 0.3 is 5.97 Å². The Hall–Kier alpha value is -1.48. The normalized spacial score (nSPS) is 13.0. The summed E-state index contributed by atoms with van der Waals surface area (Å²) in [5.41, 5.74) is 0. The topological polar surface area (TPSA) is 83.5 Å². The lowest BCUT2D eigenvalue weighted by Crippen LogP contribution is -2.33. The van der Waals surface area contributed by atoms with Gasteiger partial charge in [-0.25, -0.2) is 12.8 Å². The summed E-state index contributed by atoms with van der Waals surface area (Å²) in [4.78, 5) is 10.8. The van der Waals surface area contributed by atoms with Crippen LogP contribution >= 0.6 is 22.9 Å². The van der Waals surface area contributed by atoms with Crippen LogP contribution in [0.5, 0.6) is 0 Å². The van der Waals surface area contributed by atoms with Crippen molar-refractivity contribution in [2.75, 3.05) is 0 Å². The molecule has 0 saturated carbocycles. The van der Waals surface area contributed by atoms with Gasteiger partial charge in [-0.05, 0) is 23.6 Å². The zero-order chi connectivity index (χ0) is 15.6. The number of halogens is 2. The number of sulfonamides is 1. The van der Waals surface area contributed by atoms with E-state index < -0.39 is 32.7 Å². The molecule has 9 heteroatoms. The third-order valence-corrected chi connectivity index (χ3v) is 5.22. The van der Waals surface area contributed by atoms with E-state index in [1.54, 1.807) is 11.4 Å². The predicted molar refractivity (Wildman–Crippen MR) is 76.4 cm³/mol. The van der Waals surface area contributed by atoms with Gasteiger partial charge in [0, 0.05) is 4.88 Å². The number of aliphatic carboxylic acids is 1. The van der Waals surface area contributed by atoms with Crippen molar-refractivity contribution < 1.29 is 22.7 Å². The smallest absolute Gasteiger partial charge is 0.327 e. The van der Waals surface area contributed by atoms with E-state index in [0.717, 1.165) is 17.4 Å². The summed E-state index contributed by atoms with van der Waals surface area (Å²) in [6.07, 6.45) is 0. The Morgan fingerprint density at radius 3 is 2.62 bits per heavy atom. The Morgan fingerprint density at radius 2 is 2.05 bits per heavy atom. The quantitative estimate of drug-likeness (QED) is 0.869. The van der Waals surface area contributed by atoms with Gasteiger partial charge in [-0.2, -0.15) is 4.72 Å². The Labute approximate surface area is 129 Å². The second kappa shape index (κ2) is 6.10. The van der Waals surface area contributed by atoms with Gasteiger partial charge in [-0.1, -0.05) is 23.7 Å². The molecule has 0 saturated heterocycles. The number of benzene rings is 1. The van der Waals surface area contributed by atoms with Crippen LogP contribution in [-0.2, 0) is 14.8 Å². The minimum absolute atomic E-state index is 0.286. The van der Waals surface area contributed by atoms with Gasteiger partial charge in [0.1, 0.15) is 4.90 Å². The molecule has 0 spiro atoms. The minimum atomic E-state index is -4.37. The standard InChI is InChI=1S/C12H9ClFNO4S2/c13-7-3-1-5-9(10(7)14)21(18,19)15-11(12(16)17)8-4-2-6-20-8/h1-6,11,15H,(H,16,17). The van der Waals surface area contributed by atoms with Crippen LogP contribution in [0.2, 0.25) is 5.02 Å². The number of rotatable bonds is 5. The zero-order valence-corrected chi connectivity index (χ0v) is 12.7. The Kier molecular flexibility index (Phi) is 4.62. The molecule has 0 aliphatic carbocycles. The molecule has 0 aliphatic rings. The molecule has 0 radical (unpaired) electrons. The molecule has 5 nitrogen and oxygen atoms in total. The highest BCUT2D eigenvalue weighted by molar-refractivity contribution is 7.89. The summed E-state index contributed by atoms with van der Waals surface area (Å²) >= 11 is 6.61. The van der Waals surface area contributed by atoms with Crippen molar-refractivity contribution in [3.05, 3.63) is 51.4 Å². The van der Waals surface area contributed by atoms with Crippen LogP contribution in [0.4, 0.5) is 4.39 Å². The average molecular weight is 350 g/mol. The fourth-order valence-electron chi connectivity index (χ4n) is 1.60. The van der Waals surface area contributed by atoms with E-state index in [0.29, 0.717) is 0 Å². The predicted octanol–water partition coefficient (Wildman–Crippen LogP) is 2.64. The largest absolute Gasteiger partial charge is 0.480 e. The van der Waals surface area contributed by atoms with Crippen LogP contribution in [0.1, 0.15) is 10.9 Å². The molecule has 1 atom stereocenters. The maximum absolute atomic E-state index is 13.8. The fraction of sp³-hybridized carbons (Fsp3) is 0.0833. The molecule has 1 heterocycles. The van der Waals surface area contributed by atoms with Gasteiger partial charge in [-0.15, -0.1) is 11.3 Å². The van der Waals surface area contributed by atoms with Gasteiger partial charge in [0.2, 0.25) is 10.0 Å². The van der Waals surface area contributed by atoms with Crippen molar-refractivity contribution in [2.24, 2.45) is 0 Å². The van der Waals surface area contributed by atoms with Gasteiger partial charge in [-0.3, -0.25) is 4.79 Å². The summed E-state index contributed by atoms with van der Waals surface area (Å²) < 4.78 is 40.1. The van der Waals surface area contributed by atoms with E-state index in [-0.39, 0.29) is 9.90 Å². The zero-order valence-electron chi connectivity index (χ0n) is 10.3. The van der Waals surface area contributed by atoms with Crippen LogP contribution in [-0.4, -0.2) is 19.5 Å². The molecule has 1 aromatic carbocycles. The number of thiophene rings is 1. The van der Waals surface area contributed by atoms with Gasteiger partial charge in [0.05, 0.1) is 5.02 Å². The second-order valence-corrected chi connectivity index (χ2v) is 7.03. The summed E-state index contributed by atoms with van der Waals surface area (Å²) in [5.74, 6) is -2.51.